The summed E-state index contributed by atoms with van der Waals surface area (Å²) >= 11 is 0. The molecule has 0 radical (unpaired) electrons. The quantitative estimate of drug-likeness (QED) is 0.258. The summed E-state index contributed by atoms with van der Waals surface area (Å²) in [6.07, 6.45) is 5.13. The van der Waals surface area contributed by atoms with Crippen molar-refractivity contribution in [1.82, 2.24) is 15.0 Å². The number of hydrogen-bond acceptors (Lipinski definition) is 7. The topological polar surface area (TPSA) is 87.3 Å². The normalized spacial score (nSPS) is 15.0. The average molecular weight is 520 g/mol. The Hall–Kier alpha value is -4.23. The van der Waals surface area contributed by atoms with Crippen molar-refractivity contribution in [2.24, 2.45) is 0 Å². The predicted molar refractivity (Wildman–Crippen MR) is 156 cm³/mol. The number of fused-ring (bicyclic) bond motifs is 1. The van der Waals surface area contributed by atoms with Crippen molar-refractivity contribution in [3.8, 4) is 22.4 Å². The Morgan fingerprint density at radius 2 is 1.77 bits per heavy atom. The second-order valence-electron chi connectivity index (χ2n) is 10.4. The Balaban J connectivity index is 1.20. The van der Waals surface area contributed by atoms with Crippen molar-refractivity contribution >= 4 is 22.6 Å². The minimum absolute atomic E-state index is 0.0395. The van der Waals surface area contributed by atoms with Crippen molar-refractivity contribution in [3.05, 3.63) is 90.1 Å². The number of anilines is 2. The highest BCUT2D eigenvalue weighted by atomic mass is 16.3. The van der Waals surface area contributed by atoms with Gasteiger partial charge in [0.2, 0.25) is 0 Å². The Bertz CT molecular complexity index is 1600. The summed E-state index contributed by atoms with van der Waals surface area (Å²) < 4.78 is 5.61. The minimum atomic E-state index is -0.188. The number of pyridine rings is 1. The molecule has 4 heterocycles. The molecule has 6 rings (SSSR count). The van der Waals surface area contributed by atoms with Gasteiger partial charge in [-0.25, -0.2) is 15.0 Å². The highest BCUT2D eigenvalue weighted by molar-refractivity contribution is 5.85. The number of rotatable bonds is 6. The van der Waals surface area contributed by atoms with Gasteiger partial charge >= 0.3 is 0 Å². The lowest BCUT2D eigenvalue weighted by Crippen LogP contribution is -2.36. The number of hydrogen-bond donors (Lipinski definition) is 2. The van der Waals surface area contributed by atoms with Gasteiger partial charge in [-0.1, -0.05) is 18.2 Å². The highest BCUT2D eigenvalue weighted by Gasteiger charge is 2.18. The molecule has 0 aliphatic carbocycles. The summed E-state index contributed by atoms with van der Waals surface area (Å²) in [5, 5.41) is 14.5. The Morgan fingerprint density at radius 3 is 2.56 bits per heavy atom. The monoisotopic (exact) mass is 519 g/mol. The van der Waals surface area contributed by atoms with Crippen LogP contribution in [0.15, 0.2) is 77.5 Å². The van der Waals surface area contributed by atoms with Gasteiger partial charge in [0.15, 0.2) is 0 Å². The van der Waals surface area contributed by atoms with Crippen molar-refractivity contribution < 1.29 is 9.52 Å². The lowest BCUT2D eigenvalue weighted by atomic mass is 10.0. The molecule has 1 aliphatic rings. The fraction of sp³-hybridized carbons (Fsp3) is 0.281. The molecule has 39 heavy (non-hydrogen) atoms. The third kappa shape index (κ3) is 5.36. The summed E-state index contributed by atoms with van der Waals surface area (Å²) in [6, 6.07) is 20.9. The van der Waals surface area contributed by atoms with Gasteiger partial charge in [-0.3, -0.25) is 0 Å². The fourth-order valence-corrected chi connectivity index (χ4v) is 5.24. The molecule has 7 nitrogen and oxygen atoms in total. The Morgan fingerprint density at radius 1 is 0.949 bits per heavy atom. The van der Waals surface area contributed by atoms with Crippen molar-refractivity contribution in [3.63, 3.8) is 0 Å². The van der Waals surface area contributed by atoms with Crippen LogP contribution in [0, 0.1) is 13.8 Å². The van der Waals surface area contributed by atoms with Crippen LogP contribution in [0.3, 0.4) is 0 Å². The number of aryl methyl sites for hydroxylation is 2. The van der Waals surface area contributed by atoms with E-state index in [1.165, 1.54) is 0 Å². The van der Waals surface area contributed by atoms with E-state index in [0.29, 0.717) is 5.82 Å². The summed E-state index contributed by atoms with van der Waals surface area (Å²) in [6.45, 7) is 7.80. The van der Waals surface area contributed by atoms with Crippen LogP contribution in [-0.2, 0) is 0 Å². The predicted octanol–water partition coefficient (Wildman–Crippen LogP) is 6.70. The number of benzene rings is 2. The first-order chi connectivity index (χ1) is 18.9. The van der Waals surface area contributed by atoms with E-state index in [2.05, 4.69) is 71.5 Å². The largest absolute Gasteiger partial charge is 0.464 e. The molecule has 1 atom stereocenters. The number of piperidine rings is 1. The third-order valence-electron chi connectivity index (χ3n) is 7.52. The molecule has 1 aliphatic heterocycles. The van der Waals surface area contributed by atoms with Crippen LogP contribution in [0.4, 0.5) is 11.6 Å². The van der Waals surface area contributed by atoms with E-state index in [0.717, 1.165) is 82.0 Å². The van der Waals surface area contributed by atoms with Gasteiger partial charge in [0.1, 0.15) is 23.0 Å². The second kappa shape index (κ2) is 10.5. The van der Waals surface area contributed by atoms with Crippen molar-refractivity contribution in [2.45, 2.75) is 45.8 Å². The zero-order chi connectivity index (χ0) is 26.9. The number of aliphatic hydroxyl groups excluding tert-OH is 1. The maximum Gasteiger partial charge on any atom is 0.134 e. The maximum atomic E-state index is 9.78. The van der Waals surface area contributed by atoms with Gasteiger partial charge < -0.3 is 19.7 Å². The van der Waals surface area contributed by atoms with E-state index < -0.39 is 0 Å². The molecule has 1 saturated heterocycles. The van der Waals surface area contributed by atoms with Crippen LogP contribution in [0.25, 0.3) is 33.4 Å². The van der Waals surface area contributed by atoms with E-state index in [-0.39, 0.29) is 12.1 Å². The molecule has 5 aromatic rings. The highest BCUT2D eigenvalue weighted by Crippen LogP contribution is 2.30. The lowest BCUT2D eigenvalue weighted by Gasteiger charge is -2.30. The number of furan rings is 1. The first-order valence-corrected chi connectivity index (χ1v) is 13.5. The Labute approximate surface area is 228 Å². The first kappa shape index (κ1) is 25.1. The van der Waals surface area contributed by atoms with E-state index in [1.54, 1.807) is 6.26 Å². The fourth-order valence-electron chi connectivity index (χ4n) is 5.24. The maximum absolute atomic E-state index is 9.78. The molecular weight excluding hydrogens is 486 g/mol. The molecular formula is C32H33N5O2. The molecule has 1 fully saturated rings. The number of nitrogens with zero attached hydrogens (tertiary/aromatic N) is 4. The average Bonchev–Trinajstić information content (AvgIpc) is 3.33. The minimum Gasteiger partial charge on any atom is -0.464 e. The summed E-state index contributed by atoms with van der Waals surface area (Å²) in [4.78, 5) is 16.3. The molecule has 2 aromatic carbocycles. The first-order valence-electron chi connectivity index (χ1n) is 13.5. The van der Waals surface area contributed by atoms with Gasteiger partial charge in [0, 0.05) is 47.9 Å². The third-order valence-corrected chi connectivity index (χ3v) is 7.52. The number of aromatic nitrogens is 3. The van der Waals surface area contributed by atoms with Crippen LogP contribution in [0.5, 0.6) is 0 Å². The zero-order valence-corrected chi connectivity index (χ0v) is 22.6. The molecule has 7 heteroatoms. The standard InChI is InChI=1S/C32H33N5O2/c1-20-19-39-30-9-7-25(16-28(20)30)29-17-31(36-22(3)35-29)34-21(2)23-5-4-6-24(15-23)26-8-10-32(33-18-26)37-13-11-27(38)12-14-37/h4-10,15-19,21,27,38H,11-14H2,1-3H3,(H,34,35,36). The summed E-state index contributed by atoms with van der Waals surface area (Å²) in [5.41, 5.74) is 7.27. The van der Waals surface area contributed by atoms with E-state index >= 15 is 0 Å². The van der Waals surface area contributed by atoms with Crippen LogP contribution in [0.1, 0.15) is 42.8 Å². The van der Waals surface area contributed by atoms with Gasteiger partial charge in [-0.2, -0.15) is 0 Å². The number of aliphatic hydroxyl groups is 1. The molecule has 198 valence electrons. The SMILES string of the molecule is Cc1nc(NC(C)c2cccc(-c3ccc(N4CCC(O)CC4)nc3)c2)cc(-c2ccc3occ(C)c3c2)n1. The number of nitrogens with one attached hydrogen (secondary N) is 1. The second-order valence-corrected chi connectivity index (χ2v) is 10.4. The molecule has 0 spiro atoms. The molecule has 3 aromatic heterocycles. The van der Waals surface area contributed by atoms with Crippen molar-refractivity contribution in [2.75, 3.05) is 23.3 Å². The van der Waals surface area contributed by atoms with Crippen LogP contribution >= 0.6 is 0 Å². The van der Waals surface area contributed by atoms with Crippen LogP contribution in [-0.4, -0.2) is 39.3 Å². The van der Waals surface area contributed by atoms with E-state index in [1.807, 2.05) is 31.3 Å². The molecule has 2 N–H and O–H groups in total. The van der Waals surface area contributed by atoms with Crippen LogP contribution < -0.4 is 10.2 Å². The summed E-state index contributed by atoms with van der Waals surface area (Å²) in [5.74, 6) is 2.47. The summed E-state index contributed by atoms with van der Waals surface area (Å²) in [7, 11) is 0. The van der Waals surface area contributed by atoms with Gasteiger partial charge in [0.05, 0.1) is 18.1 Å². The van der Waals surface area contributed by atoms with Gasteiger partial charge in [-0.15, -0.1) is 0 Å². The van der Waals surface area contributed by atoms with E-state index in [4.69, 9.17) is 14.4 Å². The van der Waals surface area contributed by atoms with Crippen molar-refractivity contribution in [1.29, 1.82) is 0 Å². The smallest absolute Gasteiger partial charge is 0.134 e. The van der Waals surface area contributed by atoms with Crippen LogP contribution in [0.2, 0.25) is 0 Å². The molecule has 1 unspecified atom stereocenters. The Kier molecular flexibility index (Phi) is 6.75. The van der Waals surface area contributed by atoms with E-state index in [9.17, 15) is 5.11 Å². The lowest BCUT2D eigenvalue weighted by molar-refractivity contribution is 0.145. The molecule has 0 bridgehead atoms. The zero-order valence-electron chi connectivity index (χ0n) is 22.6. The van der Waals surface area contributed by atoms with Gasteiger partial charge in [0.25, 0.3) is 0 Å². The molecule has 0 amide bonds. The molecule has 0 saturated carbocycles. The van der Waals surface area contributed by atoms with Gasteiger partial charge in [-0.05, 0) is 86.7 Å².